The van der Waals surface area contributed by atoms with Crippen LogP contribution in [0.4, 0.5) is 0 Å². The standard InChI is InChI=1S/C17H21ClO4/c1-3-8-16-10-20-17(21-11-16,9-15(16)22-12(2)19)13-4-6-14(18)7-5-13/h4-7,15H,3,8-11H2,1-2H3. The molecule has 3 aliphatic heterocycles. The van der Waals surface area contributed by atoms with E-state index in [1.165, 1.54) is 6.92 Å². The number of carbonyl (C=O) groups excluding carboxylic acids is 1. The van der Waals surface area contributed by atoms with Gasteiger partial charge in [0.2, 0.25) is 0 Å². The summed E-state index contributed by atoms with van der Waals surface area (Å²) in [5.74, 6) is -1.08. The molecule has 1 atom stereocenters. The van der Waals surface area contributed by atoms with E-state index in [2.05, 4.69) is 6.92 Å². The fraction of sp³-hybridized carbons (Fsp3) is 0.588. The van der Waals surface area contributed by atoms with Gasteiger partial charge in [-0.15, -0.1) is 0 Å². The predicted molar refractivity (Wildman–Crippen MR) is 82.5 cm³/mol. The van der Waals surface area contributed by atoms with Crippen molar-refractivity contribution >= 4 is 17.6 Å². The molecule has 0 saturated carbocycles. The predicted octanol–water partition coefficient (Wildman–Crippen LogP) is 3.66. The number of halogens is 1. The molecule has 0 amide bonds. The largest absolute Gasteiger partial charge is 0.462 e. The first-order chi connectivity index (χ1) is 10.5. The summed E-state index contributed by atoms with van der Waals surface area (Å²) < 4.78 is 17.8. The molecule has 3 heterocycles. The summed E-state index contributed by atoms with van der Waals surface area (Å²) in [6.45, 7) is 4.66. The Hall–Kier alpha value is -1.10. The monoisotopic (exact) mass is 324 g/mol. The molecule has 120 valence electrons. The van der Waals surface area contributed by atoms with Crippen LogP contribution in [0, 0.1) is 5.41 Å². The Morgan fingerprint density at radius 2 is 1.95 bits per heavy atom. The second-order valence-corrected chi connectivity index (χ2v) is 6.69. The van der Waals surface area contributed by atoms with Crippen molar-refractivity contribution in [2.24, 2.45) is 5.41 Å². The van der Waals surface area contributed by atoms with Crippen LogP contribution in [0.25, 0.3) is 0 Å². The SMILES string of the molecule is CCCC12COC(c3ccc(Cl)cc3)(CC1OC(C)=O)OC2. The molecule has 1 aromatic rings. The van der Waals surface area contributed by atoms with Gasteiger partial charge >= 0.3 is 5.97 Å². The molecule has 1 unspecified atom stereocenters. The van der Waals surface area contributed by atoms with E-state index in [-0.39, 0.29) is 17.5 Å². The smallest absolute Gasteiger partial charge is 0.302 e. The van der Waals surface area contributed by atoms with Gasteiger partial charge in [-0.05, 0) is 18.6 Å². The van der Waals surface area contributed by atoms with Crippen molar-refractivity contribution in [1.82, 2.24) is 0 Å². The van der Waals surface area contributed by atoms with E-state index >= 15 is 0 Å². The first-order valence-electron chi connectivity index (χ1n) is 7.71. The van der Waals surface area contributed by atoms with Crippen LogP contribution in [0.5, 0.6) is 0 Å². The second-order valence-electron chi connectivity index (χ2n) is 6.25. The van der Waals surface area contributed by atoms with E-state index < -0.39 is 5.79 Å². The van der Waals surface area contributed by atoms with Crippen molar-refractivity contribution in [2.75, 3.05) is 13.2 Å². The molecular formula is C17H21ClO4. The van der Waals surface area contributed by atoms with Crippen molar-refractivity contribution in [3.8, 4) is 0 Å². The molecule has 0 spiro atoms. The minimum Gasteiger partial charge on any atom is -0.462 e. The lowest BCUT2D eigenvalue weighted by molar-refractivity contribution is -0.376. The van der Waals surface area contributed by atoms with Crippen molar-refractivity contribution in [3.63, 3.8) is 0 Å². The van der Waals surface area contributed by atoms with Gasteiger partial charge in [-0.1, -0.05) is 37.1 Å². The number of benzene rings is 1. The Balaban J connectivity index is 1.90. The number of fused-ring (bicyclic) bond motifs is 3. The van der Waals surface area contributed by atoms with Crippen LogP contribution >= 0.6 is 11.6 Å². The summed E-state index contributed by atoms with van der Waals surface area (Å²) in [7, 11) is 0. The van der Waals surface area contributed by atoms with Crippen molar-refractivity contribution < 1.29 is 19.0 Å². The average Bonchev–Trinajstić information content (AvgIpc) is 2.49. The Morgan fingerprint density at radius 1 is 1.32 bits per heavy atom. The Morgan fingerprint density at radius 3 is 2.50 bits per heavy atom. The van der Waals surface area contributed by atoms with Crippen LogP contribution in [-0.2, 0) is 24.8 Å². The topological polar surface area (TPSA) is 44.8 Å². The van der Waals surface area contributed by atoms with Gasteiger partial charge in [-0.2, -0.15) is 0 Å². The third-order valence-electron chi connectivity index (χ3n) is 4.66. The van der Waals surface area contributed by atoms with E-state index in [9.17, 15) is 4.79 Å². The number of hydrogen-bond acceptors (Lipinski definition) is 4. The van der Waals surface area contributed by atoms with Gasteiger partial charge in [-0.25, -0.2) is 0 Å². The summed E-state index contributed by atoms with van der Waals surface area (Å²) in [4.78, 5) is 11.5. The zero-order valence-electron chi connectivity index (χ0n) is 12.9. The third kappa shape index (κ3) is 2.64. The lowest BCUT2D eigenvalue weighted by Gasteiger charge is -2.56. The van der Waals surface area contributed by atoms with E-state index in [4.69, 9.17) is 25.8 Å². The fourth-order valence-corrected chi connectivity index (χ4v) is 3.65. The summed E-state index contributed by atoms with van der Waals surface area (Å²) in [5.41, 5.74) is 0.688. The quantitative estimate of drug-likeness (QED) is 0.793. The van der Waals surface area contributed by atoms with E-state index in [0.717, 1.165) is 18.4 Å². The molecule has 0 radical (unpaired) electrons. The molecule has 4 nitrogen and oxygen atoms in total. The molecule has 5 heteroatoms. The highest BCUT2D eigenvalue weighted by atomic mass is 35.5. The lowest BCUT2D eigenvalue weighted by Crippen LogP contribution is -2.62. The van der Waals surface area contributed by atoms with Crippen LogP contribution in [0.3, 0.4) is 0 Å². The van der Waals surface area contributed by atoms with Gasteiger partial charge in [0.05, 0.1) is 18.6 Å². The van der Waals surface area contributed by atoms with Crippen LogP contribution in [0.15, 0.2) is 24.3 Å². The van der Waals surface area contributed by atoms with Gasteiger partial charge in [0.15, 0.2) is 5.79 Å². The summed E-state index contributed by atoms with van der Waals surface area (Å²) in [6, 6.07) is 7.46. The molecule has 4 rings (SSSR count). The Bertz CT molecular complexity index is 546. The van der Waals surface area contributed by atoms with Crippen LogP contribution in [0.1, 0.15) is 38.7 Å². The molecule has 3 saturated heterocycles. The second kappa shape index (κ2) is 5.84. The summed E-state index contributed by atoms with van der Waals surface area (Å²) >= 11 is 5.96. The molecular weight excluding hydrogens is 304 g/mol. The number of rotatable bonds is 4. The third-order valence-corrected chi connectivity index (χ3v) is 4.91. The molecule has 22 heavy (non-hydrogen) atoms. The number of hydrogen-bond donors (Lipinski definition) is 0. The molecule has 0 aromatic heterocycles. The number of carbonyl (C=O) groups is 1. The average molecular weight is 325 g/mol. The van der Waals surface area contributed by atoms with Crippen molar-refractivity contribution in [2.45, 2.75) is 45.0 Å². The van der Waals surface area contributed by atoms with E-state index in [0.29, 0.717) is 24.7 Å². The fourth-order valence-electron chi connectivity index (χ4n) is 3.53. The zero-order chi connectivity index (χ0) is 15.8. The highest BCUT2D eigenvalue weighted by Crippen LogP contribution is 2.52. The number of esters is 1. The molecule has 0 aliphatic carbocycles. The van der Waals surface area contributed by atoms with Crippen molar-refractivity contribution in [1.29, 1.82) is 0 Å². The Labute approximate surface area is 135 Å². The molecule has 3 aliphatic rings. The lowest BCUT2D eigenvalue weighted by atomic mass is 9.71. The maximum Gasteiger partial charge on any atom is 0.302 e. The van der Waals surface area contributed by atoms with Crippen LogP contribution in [-0.4, -0.2) is 25.3 Å². The maximum absolute atomic E-state index is 11.5. The first-order valence-corrected chi connectivity index (χ1v) is 8.09. The van der Waals surface area contributed by atoms with Gasteiger partial charge in [0.25, 0.3) is 0 Å². The summed E-state index contributed by atoms with van der Waals surface area (Å²) in [6.07, 6.45) is 2.26. The summed E-state index contributed by atoms with van der Waals surface area (Å²) in [5, 5.41) is 0.670. The van der Waals surface area contributed by atoms with Gasteiger partial charge < -0.3 is 14.2 Å². The maximum atomic E-state index is 11.5. The van der Waals surface area contributed by atoms with Crippen molar-refractivity contribution in [3.05, 3.63) is 34.9 Å². The minimum atomic E-state index is -0.833. The minimum absolute atomic E-state index is 0.178. The highest BCUT2D eigenvalue weighted by molar-refractivity contribution is 6.30. The van der Waals surface area contributed by atoms with Crippen LogP contribution < -0.4 is 0 Å². The molecule has 1 aromatic carbocycles. The van der Waals surface area contributed by atoms with Gasteiger partial charge in [-0.3, -0.25) is 4.79 Å². The first kappa shape index (κ1) is 15.8. The van der Waals surface area contributed by atoms with Gasteiger partial charge in [0.1, 0.15) is 6.10 Å². The highest BCUT2D eigenvalue weighted by Gasteiger charge is 2.58. The molecule has 3 fully saturated rings. The van der Waals surface area contributed by atoms with Crippen LogP contribution in [0.2, 0.25) is 5.02 Å². The molecule has 2 bridgehead atoms. The van der Waals surface area contributed by atoms with E-state index in [1.54, 1.807) is 0 Å². The zero-order valence-corrected chi connectivity index (χ0v) is 13.7. The molecule has 0 N–H and O–H groups in total. The Kier molecular flexibility index (Phi) is 4.19. The normalized spacial score (nSPS) is 33.7. The number of ether oxygens (including phenoxy) is 3. The van der Waals surface area contributed by atoms with E-state index in [1.807, 2.05) is 24.3 Å². The van der Waals surface area contributed by atoms with Gasteiger partial charge in [0, 0.05) is 23.9 Å².